The lowest BCUT2D eigenvalue weighted by Gasteiger charge is -2.08. The maximum absolute atomic E-state index is 12.5. The number of aryl methyl sites for hydroxylation is 1. The molecule has 1 heterocycles. The highest BCUT2D eigenvalue weighted by Crippen LogP contribution is 2.29. The van der Waals surface area contributed by atoms with E-state index in [4.69, 9.17) is 9.47 Å². The van der Waals surface area contributed by atoms with E-state index in [1.165, 1.54) is 37.3 Å². The molecule has 0 saturated carbocycles. The predicted octanol–water partition coefficient (Wildman–Crippen LogP) is 3.85. The molecule has 0 radical (unpaired) electrons. The number of carbonyl (C=O) groups is 2. The van der Waals surface area contributed by atoms with E-state index in [0.717, 1.165) is 11.3 Å². The summed E-state index contributed by atoms with van der Waals surface area (Å²) in [6, 6.07) is 12.4. The van der Waals surface area contributed by atoms with Gasteiger partial charge in [0.05, 0.1) is 20.0 Å². The molecule has 156 valence electrons. The Kier molecular flexibility index (Phi) is 7.26. The number of para-hydroxylation sites is 1. The van der Waals surface area contributed by atoms with Crippen LogP contribution < -0.4 is 20.1 Å². The average Bonchev–Trinajstić information content (AvgIpc) is 3.20. The lowest BCUT2D eigenvalue weighted by molar-refractivity contribution is -0.113. The summed E-state index contributed by atoms with van der Waals surface area (Å²) in [6.07, 6.45) is 0. The van der Waals surface area contributed by atoms with Gasteiger partial charge in [-0.25, -0.2) is 0 Å². The van der Waals surface area contributed by atoms with E-state index in [0.29, 0.717) is 26.5 Å². The molecule has 30 heavy (non-hydrogen) atoms. The number of hydrogen-bond donors (Lipinski definition) is 2. The molecule has 0 saturated heterocycles. The first-order chi connectivity index (χ1) is 14.5. The van der Waals surface area contributed by atoms with E-state index in [1.54, 1.807) is 18.2 Å². The van der Waals surface area contributed by atoms with E-state index in [2.05, 4.69) is 20.8 Å². The predicted molar refractivity (Wildman–Crippen MR) is 118 cm³/mol. The number of methoxy groups -OCH3 is 2. The Morgan fingerprint density at radius 1 is 1.03 bits per heavy atom. The van der Waals surface area contributed by atoms with Crippen molar-refractivity contribution in [3.05, 3.63) is 53.6 Å². The van der Waals surface area contributed by atoms with Crippen molar-refractivity contribution in [1.29, 1.82) is 0 Å². The van der Waals surface area contributed by atoms with Gasteiger partial charge < -0.3 is 14.8 Å². The fourth-order valence-corrected chi connectivity index (χ4v) is 4.04. The van der Waals surface area contributed by atoms with Gasteiger partial charge in [-0.15, -0.1) is 10.2 Å². The smallest absolute Gasteiger partial charge is 0.257 e. The summed E-state index contributed by atoms with van der Waals surface area (Å²) in [6.45, 7) is 1.93. The van der Waals surface area contributed by atoms with E-state index in [1.807, 2.05) is 31.2 Å². The third-order valence-electron chi connectivity index (χ3n) is 4.02. The van der Waals surface area contributed by atoms with E-state index in [-0.39, 0.29) is 17.6 Å². The molecule has 3 aromatic rings. The molecule has 0 spiro atoms. The van der Waals surface area contributed by atoms with Gasteiger partial charge in [-0.1, -0.05) is 41.3 Å². The lowest BCUT2D eigenvalue weighted by Crippen LogP contribution is -2.14. The van der Waals surface area contributed by atoms with Crippen molar-refractivity contribution in [2.45, 2.75) is 11.3 Å². The number of nitrogens with one attached hydrogen (secondary N) is 2. The molecule has 1 aromatic heterocycles. The molecule has 0 fully saturated rings. The van der Waals surface area contributed by atoms with Gasteiger partial charge in [0.2, 0.25) is 11.0 Å². The van der Waals surface area contributed by atoms with Gasteiger partial charge in [0.25, 0.3) is 5.91 Å². The number of hydrogen-bond acceptors (Lipinski definition) is 8. The van der Waals surface area contributed by atoms with Crippen molar-refractivity contribution in [1.82, 2.24) is 10.2 Å². The molecular formula is C20H20N4O4S2. The van der Waals surface area contributed by atoms with Gasteiger partial charge in [0, 0.05) is 11.3 Å². The molecule has 10 heteroatoms. The molecule has 2 amide bonds. The summed E-state index contributed by atoms with van der Waals surface area (Å²) in [5.74, 6) is 0.694. The Hall–Kier alpha value is -3.11. The molecule has 2 aromatic carbocycles. The van der Waals surface area contributed by atoms with Crippen LogP contribution in [0.5, 0.6) is 11.5 Å². The van der Waals surface area contributed by atoms with Crippen molar-refractivity contribution < 1.29 is 19.1 Å². The number of nitrogens with zero attached hydrogens (tertiary/aromatic N) is 2. The molecular weight excluding hydrogens is 424 g/mol. The van der Waals surface area contributed by atoms with Crippen molar-refractivity contribution in [2.24, 2.45) is 0 Å². The van der Waals surface area contributed by atoms with Gasteiger partial charge in [-0.2, -0.15) is 0 Å². The molecule has 0 bridgehead atoms. The quantitative estimate of drug-likeness (QED) is 0.402. The van der Waals surface area contributed by atoms with Gasteiger partial charge in [-0.3, -0.25) is 14.9 Å². The summed E-state index contributed by atoms with van der Waals surface area (Å²) in [5, 5.41) is 13.9. The zero-order chi connectivity index (χ0) is 21.5. The molecule has 2 N–H and O–H groups in total. The fraction of sp³-hybridized carbons (Fsp3) is 0.200. The third kappa shape index (κ3) is 5.49. The number of anilines is 2. The Morgan fingerprint density at radius 2 is 1.80 bits per heavy atom. The van der Waals surface area contributed by atoms with Crippen LogP contribution in [-0.4, -0.2) is 42.0 Å². The SMILES string of the molecule is COc1ccc(C(=O)Nc2nnc(SCC(=O)Nc3ccccc3C)s2)cc1OC. The second kappa shape index (κ2) is 10.1. The zero-order valence-electron chi connectivity index (χ0n) is 16.6. The number of carbonyl (C=O) groups excluding carboxylic acids is 2. The Labute approximate surface area is 182 Å². The molecule has 0 unspecified atom stereocenters. The zero-order valence-corrected chi connectivity index (χ0v) is 18.2. The summed E-state index contributed by atoms with van der Waals surface area (Å²) in [7, 11) is 3.03. The number of thioether (sulfide) groups is 1. The molecule has 0 atom stereocenters. The van der Waals surface area contributed by atoms with Crippen LogP contribution in [0.1, 0.15) is 15.9 Å². The maximum atomic E-state index is 12.5. The minimum absolute atomic E-state index is 0.139. The highest BCUT2D eigenvalue weighted by Gasteiger charge is 2.14. The monoisotopic (exact) mass is 444 g/mol. The minimum Gasteiger partial charge on any atom is -0.493 e. The number of amides is 2. The van der Waals surface area contributed by atoms with Crippen LogP contribution >= 0.6 is 23.1 Å². The number of benzene rings is 2. The molecule has 3 rings (SSSR count). The summed E-state index contributed by atoms with van der Waals surface area (Å²) in [5.41, 5.74) is 2.17. The maximum Gasteiger partial charge on any atom is 0.257 e. The normalized spacial score (nSPS) is 10.4. The fourth-order valence-electron chi connectivity index (χ4n) is 2.49. The van der Waals surface area contributed by atoms with Crippen molar-refractivity contribution in [3.8, 4) is 11.5 Å². The lowest BCUT2D eigenvalue weighted by atomic mass is 10.2. The second-order valence-electron chi connectivity index (χ2n) is 6.05. The van der Waals surface area contributed by atoms with Gasteiger partial charge in [0.15, 0.2) is 15.8 Å². The Balaban J connectivity index is 1.55. The van der Waals surface area contributed by atoms with Gasteiger partial charge in [-0.05, 0) is 36.8 Å². The minimum atomic E-state index is -0.346. The number of aromatic nitrogens is 2. The standard InChI is InChI=1S/C20H20N4O4S2/c1-12-6-4-5-7-14(12)21-17(25)11-29-20-24-23-19(30-20)22-18(26)13-8-9-15(27-2)16(10-13)28-3/h4-10H,11H2,1-3H3,(H,21,25)(H,22,23,26). The van der Waals surface area contributed by atoms with Crippen LogP contribution in [0.4, 0.5) is 10.8 Å². The van der Waals surface area contributed by atoms with Crippen LogP contribution in [-0.2, 0) is 4.79 Å². The largest absolute Gasteiger partial charge is 0.493 e. The first kappa shape index (κ1) is 21.6. The number of rotatable bonds is 8. The Bertz CT molecular complexity index is 1050. The molecule has 0 aliphatic carbocycles. The van der Waals surface area contributed by atoms with Gasteiger partial charge >= 0.3 is 0 Å². The second-order valence-corrected chi connectivity index (χ2v) is 8.25. The van der Waals surface area contributed by atoms with Crippen molar-refractivity contribution in [2.75, 3.05) is 30.6 Å². The van der Waals surface area contributed by atoms with Crippen LogP contribution in [0.15, 0.2) is 46.8 Å². The average molecular weight is 445 g/mol. The van der Waals surface area contributed by atoms with Crippen LogP contribution in [0, 0.1) is 6.92 Å². The summed E-state index contributed by atoms with van der Waals surface area (Å²) in [4.78, 5) is 24.6. The van der Waals surface area contributed by atoms with E-state index in [9.17, 15) is 9.59 Å². The van der Waals surface area contributed by atoms with E-state index >= 15 is 0 Å². The van der Waals surface area contributed by atoms with Gasteiger partial charge in [0.1, 0.15) is 0 Å². The Morgan fingerprint density at radius 3 is 2.53 bits per heavy atom. The summed E-state index contributed by atoms with van der Waals surface area (Å²) < 4.78 is 11.0. The first-order valence-electron chi connectivity index (χ1n) is 8.85. The van der Waals surface area contributed by atoms with Crippen molar-refractivity contribution in [3.63, 3.8) is 0 Å². The molecule has 0 aliphatic rings. The topological polar surface area (TPSA) is 102 Å². The van der Waals surface area contributed by atoms with Crippen molar-refractivity contribution >= 4 is 45.7 Å². The highest BCUT2D eigenvalue weighted by molar-refractivity contribution is 8.01. The highest BCUT2D eigenvalue weighted by atomic mass is 32.2. The van der Waals surface area contributed by atoms with Crippen LogP contribution in [0.2, 0.25) is 0 Å². The van der Waals surface area contributed by atoms with E-state index < -0.39 is 0 Å². The third-order valence-corrected chi connectivity index (χ3v) is 5.99. The molecule has 8 nitrogen and oxygen atoms in total. The first-order valence-corrected chi connectivity index (χ1v) is 10.7. The van der Waals surface area contributed by atoms with Crippen LogP contribution in [0.3, 0.4) is 0 Å². The van der Waals surface area contributed by atoms with Crippen LogP contribution in [0.25, 0.3) is 0 Å². The molecule has 0 aliphatic heterocycles. The summed E-state index contributed by atoms with van der Waals surface area (Å²) >= 11 is 2.45. The number of ether oxygens (including phenoxy) is 2.